The summed E-state index contributed by atoms with van der Waals surface area (Å²) in [5.74, 6) is -0.332. The Morgan fingerprint density at radius 1 is 1.11 bits per heavy atom. The Morgan fingerprint density at radius 3 is 2.39 bits per heavy atom. The fourth-order valence-corrected chi connectivity index (χ4v) is 3.09. The van der Waals surface area contributed by atoms with E-state index in [2.05, 4.69) is 5.32 Å². The fraction of sp³-hybridized carbons (Fsp3) is 0.364. The van der Waals surface area contributed by atoms with Crippen molar-refractivity contribution in [2.24, 2.45) is 0 Å². The Kier molecular flexibility index (Phi) is 8.98. The highest BCUT2D eigenvalue weighted by Crippen LogP contribution is 2.25. The van der Waals surface area contributed by atoms with E-state index in [1.807, 2.05) is 49.4 Å². The lowest BCUT2D eigenvalue weighted by molar-refractivity contribution is -0.141. The van der Waals surface area contributed by atoms with Gasteiger partial charge in [0, 0.05) is 31.1 Å². The summed E-state index contributed by atoms with van der Waals surface area (Å²) in [6.07, 6.45) is 1.53. The molecule has 0 aliphatic heterocycles. The van der Waals surface area contributed by atoms with Crippen LogP contribution in [0.5, 0.6) is 0 Å². The molecule has 0 aliphatic rings. The van der Waals surface area contributed by atoms with E-state index in [-0.39, 0.29) is 18.4 Å². The van der Waals surface area contributed by atoms with Gasteiger partial charge < -0.3 is 15.3 Å². The van der Waals surface area contributed by atoms with Crippen LogP contribution in [0.2, 0.25) is 5.02 Å². The Morgan fingerprint density at radius 2 is 1.79 bits per heavy atom. The normalized spacial score (nSPS) is 11.7. The molecule has 0 unspecified atom stereocenters. The average molecular weight is 403 g/mol. The highest BCUT2D eigenvalue weighted by atomic mass is 35.5. The van der Waals surface area contributed by atoms with E-state index in [0.29, 0.717) is 37.4 Å². The zero-order valence-electron chi connectivity index (χ0n) is 16.1. The fourth-order valence-electron chi connectivity index (χ4n) is 2.96. The quantitative estimate of drug-likeness (QED) is 0.595. The van der Waals surface area contributed by atoms with Gasteiger partial charge in [-0.3, -0.25) is 9.59 Å². The first-order valence-corrected chi connectivity index (χ1v) is 9.92. The Hall–Kier alpha value is -2.37. The lowest BCUT2D eigenvalue weighted by Crippen LogP contribution is -2.43. The van der Waals surface area contributed by atoms with Gasteiger partial charge in [0.25, 0.3) is 0 Å². The number of amides is 2. The summed E-state index contributed by atoms with van der Waals surface area (Å²) >= 11 is 5.98. The van der Waals surface area contributed by atoms with E-state index in [4.69, 9.17) is 16.7 Å². The third-order valence-electron chi connectivity index (χ3n) is 4.36. The molecule has 28 heavy (non-hydrogen) atoms. The van der Waals surface area contributed by atoms with E-state index >= 15 is 0 Å². The second kappa shape index (κ2) is 11.5. The largest absolute Gasteiger partial charge is 0.396 e. The highest BCUT2D eigenvalue weighted by molar-refractivity contribution is 6.30. The van der Waals surface area contributed by atoms with Crippen molar-refractivity contribution in [3.8, 4) is 0 Å². The Bertz CT molecular complexity index is 750. The zero-order chi connectivity index (χ0) is 20.4. The molecule has 0 aliphatic carbocycles. The van der Waals surface area contributed by atoms with Gasteiger partial charge in [-0.05, 0) is 36.1 Å². The van der Waals surface area contributed by atoms with Crippen LogP contribution in [0.15, 0.2) is 54.6 Å². The van der Waals surface area contributed by atoms with Gasteiger partial charge in [-0.15, -0.1) is 0 Å². The van der Waals surface area contributed by atoms with Crippen LogP contribution in [0.3, 0.4) is 0 Å². The minimum atomic E-state index is -0.741. The Labute approximate surface area is 171 Å². The van der Waals surface area contributed by atoms with Crippen LogP contribution in [-0.2, 0) is 16.1 Å². The number of carbonyl (C=O) groups excluding carboxylic acids is 2. The van der Waals surface area contributed by atoms with E-state index in [0.717, 1.165) is 11.1 Å². The molecule has 2 amide bonds. The Balaban J connectivity index is 2.36. The van der Waals surface area contributed by atoms with Crippen molar-refractivity contribution in [2.45, 2.75) is 38.8 Å². The zero-order valence-corrected chi connectivity index (χ0v) is 16.9. The van der Waals surface area contributed by atoms with Crippen molar-refractivity contribution in [1.29, 1.82) is 0 Å². The standard InChI is InChI=1S/C22H27ClN2O3/c1-2-7-20(27)25(16-17-10-12-19(23)13-11-17)21(18-8-4-3-5-9-18)22(28)24-14-6-15-26/h3-5,8-13,21,26H,2,6-7,14-16H2,1H3,(H,24,28)/t21-/m1/s1. The number of nitrogens with one attached hydrogen (secondary N) is 1. The lowest BCUT2D eigenvalue weighted by atomic mass is 10.0. The summed E-state index contributed by atoms with van der Waals surface area (Å²) in [5.41, 5.74) is 1.65. The molecule has 5 nitrogen and oxygen atoms in total. The SMILES string of the molecule is CCCC(=O)N(Cc1ccc(Cl)cc1)[C@@H](C(=O)NCCCO)c1ccccc1. The first-order chi connectivity index (χ1) is 13.6. The van der Waals surface area contributed by atoms with Gasteiger partial charge in [0.1, 0.15) is 6.04 Å². The average Bonchev–Trinajstić information content (AvgIpc) is 2.70. The summed E-state index contributed by atoms with van der Waals surface area (Å²) in [6.45, 7) is 2.61. The summed E-state index contributed by atoms with van der Waals surface area (Å²) in [7, 11) is 0. The lowest BCUT2D eigenvalue weighted by Gasteiger charge is -2.31. The first kappa shape index (κ1) is 21.9. The summed E-state index contributed by atoms with van der Waals surface area (Å²) in [6, 6.07) is 15.8. The van der Waals surface area contributed by atoms with E-state index < -0.39 is 6.04 Å². The molecular formula is C22H27ClN2O3. The molecule has 0 saturated carbocycles. The van der Waals surface area contributed by atoms with Crippen molar-refractivity contribution in [1.82, 2.24) is 10.2 Å². The van der Waals surface area contributed by atoms with Crippen LogP contribution in [-0.4, -0.2) is 35.0 Å². The maximum absolute atomic E-state index is 13.0. The van der Waals surface area contributed by atoms with Crippen LogP contribution < -0.4 is 5.32 Å². The van der Waals surface area contributed by atoms with Gasteiger partial charge in [-0.25, -0.2) is 0 Å². The number of aliphatic hydroxyl groups excluding tert-OH is 1. The minimum absolute atomic E-state index is 0.000458. The van der Waals surface area contributed by atoms with Crippen LogP contribution in [0.25, 0.3) is 0 Å². The monoisotopic (exact) mass is 402 g/mol. The smallest absolute Gasteiger partial charge is 0.247 e. The van der Waals surface area contributed by atoms with Gasteiger partial charge in [0.2, 0.25) is 11.8 Å². The molecule has 2 aromatic rings. The molecule has 6 heteroatoms. The van der Waals surface area contributed by atoms with E-state index in [1.165, 1.54) is 0 Å². The number of benzene rings is 2. The predicted molar refractivity (Wildman–Crippen MR) is 111 cm³/mol. The maximum Gasteiger partial charge on any atom is 0.247 e. The van der Waals surface area contributed by atoms with Crippen molar-refractivity contribution in [3.63, 3.8) is 0 Å². The third-order valence-corrected chi connectivity index (χ3v) is 4.61. The van der Waals surface area contributed by atoms with Gasteiger partial charge in [0.15, 0.2) is 0 Å². The second-order valence-electron chi connectivity index (χ2n) is 6.58. The molecule has 0 saturated heterocycles. The number of hydrogen-bond donors (Lipinski definition) is 2. The summed E-state index contributed by atoms with van der Waals surface area (Å²) in [4.78, 5) is 27.6. The molecule has 1 atom stereocenters. The number of hydrogen-bond acceptors (Lipinski definition) is 3. The number of aliphatic hydroxyl groups is 1. The van der Waals surface area contributed by atoms with Crippen LogP contribution in [0, 0.1) is 0 Å². The van der Waals surface area contributed by atoms with Gasteiger partial charge in [-0.1, -0.05) is 61.0 Å². The predicted octanol–water partition coefficient (Wildman–Crippen LogP) is 3.71. The summed E-state index contributed by atoms with van der Waals surface area (Å²) in [5, 5.41) is 12.5. The van der Waals surface area contributed by atoms with Gasteiger partial charge in [-0.2, -0.15) is 0 Å². The molecular weight excluding hydrogens is 376 g/mol. The van der Waals surface area contributed by atoms with E-state index in [9.17, 15) is 9.59 Å². The van der Waals surface area contributed by atoms with Crippen molar-refractivity contribution < 1.29 is 14.7 Å². The number of halogens is 1. The highest BCUT2D eigenvalue weighted by Gasteiger charge is 2.30. The molecule has 0 spiro atoms. The van der Waals surface area contributed by atoms with Gasteiger partial charge in [0.05, 0.1) is 0 Å². The molecule has 0 heterocycles. The first-order valence-electron chi connectivity index (χ1n) is 9.54. The molecule has 2 aromatic carbocycles. The minimum Gasteiger partial charge on any atom is -0.396 e. The van der Waals surface area contributed by atoms with Crippen LogP contribution in [0.1, 0.15) is 43.4 Å². The number of rotatable bonds is 10. The molecule has 0 radical (unpaired) electrons. The van der Waals surface area contributed by atoms with Crippen molar-refractivity contribution in [2.75, 3.05) is 13.2 Å². The summed E-state index contributed by atoms with van der Waals surface area (Å²) < 4.78 is 0. The van der Waals surface area contributed by atoms with Crippen molar-refractivity contribution >= 4 is 23.4 Å². The van der Waals surface area contributed by atoms with Crippen LogP contribution in [0.4, 0.5) is 0 Å². The topological polar surface area (TPSA) is 69.6 Å². The molecule has 2 rings (SSSR count). The molecule has 0 fully saturated rings. The molecule has 0 bridgehead atoms. The molecule has 150 valence electrons. The van der Waals surface area contributed by atoms with Gasteiger partial charge >= 0.3 is 0 Å². The van der Waals surface area contributed by atoms with Crippen molar-refractivity contribution in [3.05, 3.63) is 70.7 Å². The number of nitrogens with zero attached hydrogens (tertiary/aromatic N) is 1. The van der Waals surface area contributed by atoms with Crippen LogP contribution >= 0.6 is 11.6 Å². The third kappa shape index (κ3) is 6.36. The maximum atomic E-state index is 13.0. The van der Waals surface area contributed by atoms with E-state index in [1.54, 1.807) is 17.0 Å². The molecule has 2 N–H and O–H groups in total. The molecule has 0 aromatic heterocycles. The number of carbonyl (C=O) groups is 2. The second-order valence-corrected chi connectivity index (χ2v) is 7.02.